The number of phenols is 1. The van der Waals surface area contributed by atoms with Crippen molar-refractivity contribution in [1.29, 1.82) is 0 Å². The number of halogens is 2. The Bertz CT molecular complexity index is 1670. The smallest absolute Gasteiger partial charge is 0.301 e. The Labute approximate surface area is 241 Å². The van der Waals surface area contributed by atoms with Crippen LogP contribution in [0.3, 0.4) is 0 Å². The zero-order valence-electron chi connectivity index (χ0n) is 21.5. The summed E-state index contributed by atoms with van der Waals surface area (Å²) >= 11 is 4.34. The molecule has 1 saturated heterocycles. The van der Waals surface area contributed by atoms with Gasteiger partial charge in [0.1, 0.15) is 17.3 Å². The summed E-state index contributed by atoms with van der Waals surface area (Å²) in [5, 5.41) is 22.0. The number of Topliss-reactive ketones (excluding diaryl/α,β-unsaturated/α-hetero) is 1. The predicted molar refractivity (Wildman–Crippen MR) is 154 cm³/mol. The van der Waals surface area contributed by atoms with E-state index in [1.165, 1.54) is 42.3 Å². The van der Waals surface area contributed by atoms with Crippen LogP contribution < -0.4 is 14.4 Å². The van der Waals surface area contributed by atoms with Gasteiger partial charge in [0, 0.05) is 5.56 Å². The Hall–Kier alpha value is -3.96. The number of hydrogen-bond acceptors (Lipinski definition) is 8. The third-order valence-electron chi connectivity index (χ3n) is 6.45. The molecule has 0 saturated carbocycles. The first kappa shape index (κ1) is 27.6. The summed E-state index contributed by atoms with van der Waals surface area (Å²) in [5.74, 6) is -2.27. The van der Waals surface area contributed by atoms with Gasteiger partial charge < -0.3 is 19.7 Å². The number of ketones is 1. The van der Waals surface area contributed by atoms with E-state index in [1.807, 2.05) is 6.92 Å². The van der Waals surface area contributed by atoms with E-state index in [0.717, 1.165) is 24.2 Å². The number of nitrogens with zero attached hydrogens (tertiary/aromatic N) is 2. The van der Waals surface area contributed by atoms with Crippen molar-refractivity contribution in [3.05, 3.63) is 81.6 Å². The van der Waals surface area contributed by atoms with Gasteiger partial charge in [-0.2, -0.15) is 0 Å². The Morgan fingerprint density at radius 2 is 1.98 bits per heavy atom. The molecule has 0 bridgehead atoms. The molecule has 1 aliphatic rings. The molecule has 1 aliphatic heterocycles. The zero-order valence-corrected chi connectivity index (χ0v) is 23.9. The molecule has 8 nitrogen and oxygen atoms in total. The maximum absolute atomic E-state index is 13.9. The maximum atomic E-state index is 13.9. The summed E-state index contributed by atoms with van der Waals surface area (Å²) < 4.78 is 25.7. The van der Waals surface area contributed by atoms with Crippen LogP contribution in [0.25, 0.3) is 16.0 Å². The molecular weight excluding hydrogens is 603 g/mol. The largest absolute Gasteiger partial charge is 0.507 e. The topological polar surface area (TPSA) is 109 Å². The molecule has 2 heterocycles. The lowest BCUT2D eigenvalue weighted by molar-refractivity contribution is -0.132. The molecule has 1 unspecified atom stereocenters. The van der Waals surface area contributed by atoms with Gasteiger partial charge in [0.05, 0.1) is 40.0 Å². The van der Waals surface area contributed by atoms with Crippen LogP contribution in [0.5, 0.6) is 17.2 Å². The third-order valence-corrected chi connectivity index (χ3v) is 8.07. The van der Waals surface area contributed by atoms with E-state index in [2.05, 4.69) is 20.9 Å². The summed E-state index contributed by atoms with van der Waals surface area (Å²) in [7, 11) is 1.37. The number of aromatic hydroxyl groups is 1. The Morgan fingerprint density at radius 3 is 2.73 bits per heavy atom. The van der Waals surface area contributed by atoms with E-state index in [0.29, 0.717) is 28.1 Å². The average molecular weight is 627 g/mol. The van der Waals surface area contributed by atoms with Gasteiger partial charge >= 0.3 is 5.91 Å². The highest BCUT2D eigenvalue weighted by molar-refractivity contribution is 9.10. The minimum atomic E-state index is -1.14. The van der Waals surface area contributed by atoms with Gasteiger partial charge in [-0.1, -0.05) is 36.8 Å². The van der Waals surface area contributed by atoms with E-state index in [1.54, 1.807) is 24.3 Å². The van der Waals surface area contributed by atoms with Crippen LogP contribution in [-0.4, -0.2) is 40.6 Å². The number of aliphatic hydroxyl groups is 1. The molecule has 1 atom stereocenters. The van der Waals surface area contributed by atoms with Crippen LogP contribution in [0.15, 0.2) is 64.6 Å². The molecule has 1 fully saturated rings. The van der Waals surface area contributed by atoms with Crippen LogP contribution >= 0.6 is 27.3 Å². The van der Waals surface area contributed by atoms with Gasteiger partial charge in [0.2, 0.25) is 0 Å². The predicted octanol–water partition coefficient (Wildman–Crippen LogP) is 6.72. The number of aromatic nitrogens is 1. The number of carbonyl (C=O) groups excluding carboxylic acids is 2. The van der Waals surface area contributed by atoms with Gasteiger partial charge in [-0.25, -0.2) is 9.37 Å². The van der Waals surface area contributed by atoms with Gasteiger partial charge in [-0.15, -0.1) is 0 Å². The van der Waals surface area contributed by atoms with E-state index in [4.69, 9.17) is 9.47 Å². The monoisotopic (exact) mass is 626 g/mol. The zero-order chi connectivity index (χ0) is 28.6. The highest BCUT2D eigenvalue weighted by Crippen LogP contribution is 2.47. The number of benzene rings is 3. The SMILES string of the molecule is CCCCOc1cccc(/C(O)=C2\C(=O)C(=O)N(c3nc4ccc(F)cc4s3)C2c2cc(Br)c(O)c(OC)c2)c1. The minimum absolute atomic E-state index is 0.0904. The molecule has 4 aromatic rings. The number of anilines is 1. The minimum Gasteiger partial charge on any atom is -0.507 e. The van der Waals surface area contributed by atoms with Crippen molar-refractivity contribution in [2.24, 2.45) is 0 Å². The quantitative estimate of drug-likeness (QED) is 0.0967. The number of thiazole rings is 1. The Morgan fingerprint density at radius 1 is 1.18 bits per heavy atom. The van der Waals surface area contributed by atoms with Crippen LogP contribution in [-0.2, 0) is 9.59 Å². The number of rotatable bonds is 8. The van der Waals surface area contributed by atoms with Crippen molar-refractivity contribution in [3.8, 4) is 17.2 Å². The summed E-state index contributed by atoms with van der Waals surface area (Å²) in [5.41, 5.74) is 0.917. The molecule has 1 amide bonds. The van der Waals surface area contributed by atoms with Gasteiger partial charge in [-0.05, 0) is 70.4 Å². The number of ether oxygens (including phenoxy) is 2. The van der Waals surface area contributed by atoms with E-state index in [-0.39, 0.29) is 32.2 Å². The van der Waals surface area contributed by atoms with Crippen LogP contribution in [0, 0.1) is 5.82 Å². The number of aliphatic hydroxyl groups excluding tert-OH is 1. The number of hydrogen-bond donors (Lipinski definition) is 2. The lowest BCUT2D eigenvalue weighted by Crippen LogP contribution is -2.29. The van der Waals surface area contributed by atoms with Gasteiger partial charge in [0.15, 0.2) is 16.6 Å². The van der Waals surface area contributed by atoms with Crippen molar-refractivity contribution in [2.45, 2.75) is 25.8 Å². The highest BCUT2D eigenvalue weighted by Gasteiger charge is 2.48. The molecule has 40 heavy (non-hydrogen) atoms. The van der Waals surface area contributed by atoms with E-state index in [9.17, 15) is 24.2 Å². The van der Waals surface area contributed by atoms with Crippen molar-refractivity contribution in [3.63, 3.8) is 0 Å². The highest BCUT2D eigenvalue weighted by atomic mass is 79.9. The average Bonchev–Trinajstić information content (AvgIpc) is 3.47. The number of methoxy groups -OCH3 is 1. The summed E-state index contributed by atoms with van der Waals surface area (Å²) in [4.78, 5) is 32.7. The third kappa shape index (κ3) is 5.02. The van der Waals surface area contributed by atoms with E-state index >= 15 is 0 Å². The molecule has 1 aromatic heterocycles. The fraction of sp³-hybridized carbons (Fsp3) is 0.207. The first-order chi connectivity index (χ1) is 19.2. The fourth-order valence-electron chi connectivity index (χ4n) is 4.46. The Kier molecular flexibility index (Phi) is 7.77. The van der Waals surface area contributed by atoms with Crippen LogP contribution in [0.1, 0.15) is 36.9 Å². The second kappa shape index (κ2) is 11.3. The number of amides is 1. The lowest BCUT2D eigenvalue weighted by atomic mass is 9.95. The molecule has 2 N–H and O–H groups in total. The summed E-state index contributed by atoms with van der Waals surface area (Å²) in [6.45, 7) is 2.54. The number of fused-ring (bicyclic) bond motifs is 1. The molecular formula is C29H24BrFN2O6S. The van der Waals surface area contributed by atoms with Crippen molar-refractivity contribution < 1.29 is 33.7 Å². The number of unbranched alkanes of at least 4 members (excludes halogenated alkanes) is 1. The first-order valence-corrected chi connectivity index (χ1v) is 14.0. The molecule has 206 valence electrons. The number of phenolic OH excluding ortho intramolecular Hbond substituents is 1. The van der Waals surface area contributed by atoms with Crippen molar-refractivity contribution >= 4 is 60.1 Å². The van der Waals surface area contributed by atoms with Crippen molar-refractivity contribution in [2.75, 3.05) is 18.6 Å². The van der Waals surface area contributed by atoms with Gasteiger partial charge in [-0.3, -0.25) is 14.5 Å². The van der Waals surface area contributed by atoms with Crippen molar-refractivity contribution in [1.82, 2.24) is 4.98 Å². The van der Waals surface area contributed by atoms with E-state index < -0.39 is 29.3 Å². The molecule has 0 aliphatic carbocycles. The second-order valence-electron chi connectivity index (χ2n) is 9.06. The first-order valence-electron chi connectivity index (χ1n) is 12.4. The fourth-order valence-corrected chi connectivity index (χ4v) is 5.94. The van der Waals surface area contributed by atoms with Crippen LogP contribution in [0.4, 0.5) is 9.52 Å². The molecule has 5 rings (SSSR count). The lowest BCUT2D eigenvalue weighted by Gasteiger charge is -2.24. The molecule has 11 heteroatoms. The standard InChI is InChI=1S/C29H24BrFN2O6S/c1-3-4-10-39-18-7-5-6-15(11-18)25(34)23-24(16-12-19(30)26(35)21(13-16)38-2)33(28(37)27(23)36)29-32-20-9-8-17(31)14-22(20)40-29/h5-9,11-14,24,34-35H,3-4,10H2,1-2H3/b25-23+. The molecule has 0 radical (unpaired) electrons. The normalized spacial score (nSPS) is 16.6. The van der Waals surface area contributed by atoms with Crippen LogP contribution in [0.2, 0.25) is 0 Å². The summed E-state index contributed by atoms with van der Waals surface area (Å²) in [6, 6.07) is 12.6. The molecule has 3 aromatic carbocycles. The second-order valence-corrected chi connectivity index (χ2v) is 10.9. The summed E-state index contributed by atoms with van der Waals surface area (Å²) in [6.07, 6.45) is 1.80. The maximum Gasteiger partial charge on any atom is 0.301 e. The Balaban J connectivity index is 1.70. The number of carbonyl (C=O) groups is 2. The van der Waals surface area contributed by atoms with Gasteiger partial charge in [0.25, 0.3) is 5.78 Å². The molecule has 0 spiro atoms.